The average Bonchev–Trinajstić information content (AvgIpc) is 2.56. The summed E-state index contributed by atoms with van der Waals surface area (Å²) in [4.78, 5) is 0. The van der Waals surface area contributed by atoms with Crippen LogP contribution in [0.2, 0.25) is 0 Å². The van der Waals surface area contributed by atoms with Crippen LogP contribution in [0.4, 0.5) is 0 Å². The van der Waals surface area contributed by atoms with Gasteiger partial charge in [-0.25, -0.2) is 0 Å². The number of hydrogen-bond acceptors (Lipinski definition) is 7. The molecule has 1 aromatic rings. The molecule has 0 spiro atoms. The molecule has 0 aliphatic carbocycles. The van der Waals surface area contributed by atoms with E-state index in [1.807, 2.05) is 13.8 Å². The molecule has 0 fully saturated rings. The number of nitrogens with zero attached hydrogens (tertiary/aromatic N) is 2. The van der Waals surface area contributed by atoms with Crippen LogP contribution in [0.3, 0.4) is 0 Å². The Kier molecular flexibility index (Phi) is 5.73. The molecule has 0 unspecified atom stereocenters. The lowest BCUT2D eigenvalue weighted by atomic mass is 9.81. The second-order valence-electron chi connectivity index (χ2n) is 5.01. The lowest BCUT2D eigenvalue weighted by molar-refractivity contribution is 0.325. The quantitative estimate of drug-likeness (QED) is 0.849. The van der Waals surface area contributed by atoms with Crippen molar-refractivity contribution in [3.8, 4) is 23.6 Å². The molecule has 124 valence electrons. The van der Waals surface area contributed by atoms with Crippen molar-refractivity contribution in [1.82, 2.24) is 0 Å². The van der Waals surface area contributed by atoms with Crippen LogP contribution in [0, 0.1) is 34.0 Å². The Hall–Kier alpha value is -2.64. The van der Waals surface area contributed by atoms with Gasteiger partial charge in [-0.05, 0) is 32.0 Å². The second-order valence-corrected chi connectivity index (χ2v) is 6.09. The van der Waals surface area contributed by atoms with Crippen molar-refractivity contribution in [2.45, 2.75) is 19.8 Å². The molecule has 0 bridgehead atoms. The van der Waals surface area contributed by atoms with E-state index in [4.69, 9.17) is 20.6 Å². The standard InChI is InChI=1S/C17H18N4O2S/c1-3-22-10-5-6-14(23-4-2)11(7-10)15-12(8-18)16(20)24-17(21)13(15)9-19/h5-7,12,15,20H,3-4,21H2,1-2H3/t12-,15+/m0/s1. The van der Waals surface area contributed by atoms with E-state index < -0.39 is 11.8 Å². The van der Waals surface area contributed by atoms with Gasteiger partial charge in [-0.3, -0.25) is 5.41 Å². The van der Waals surface area contributed by atoms with E-state index in [9.17, 15) is 10.5 Å². The molecule has 3 N–H and O–H groups in total. The Morgan fingerprint density at radius 2 is 1.96 bits per heavy atom. The highest BCUT2D eigenvalue weighted by Gasteiger charge is 2.38. The highest BCUT2D eigenvalue weighted by Crippen LogP contribution is 2.46. The van der Waals surface area contributed by atoms with Gasteiger partial charge in [-0.1, -0.05) is 11.8 Å². The predicted octanol–water partition coefficient (Wildman–Crippen LogP) is 3.13. The van der Waals surface area contributed by atoms with E-state index in [-0.39, 0.29) is 15.6 Å². The van der Waals surface area contributed by atoms with Crippen LogP contribution in [0.15, 0.2) is 28.8 Å². The summed E-state index contributed by atoms with van der Waals surface area (Å²) in [6.45, 7) is 4.67. The van der Waals surface area contributed by atoms with E-state index in [1.54, 1.807) is 18.2 Å². The van der Waals surface area contributed by atoms with Crippen LogP contribution in [-0.4, -0.2) is 18.3 Å². The van der Waals surface area contributed by atoms with Crippen molar-refractivity contribution < 1.29 is 9.47 Å². The van der Waals surface area contributed by atoms with E-state index in [0.717, 1.165) is 11.8 Å². The first-order valence-corrected chi connectivity index (χ1v) is 8.34. The van der Waals surface area contributed by atoms with Gasteiger partial charge < -0.3 is 15.2 Å². The number of hydrogen-bond donors (Lipinski definition) is 2. The zero-order valence-corrected chi connectivity index (χ0v) is 14.3. The predicted molar refractivity (Wildman–Crippen MR) is 92.8 cm³/mol. The minimum absolute atomic E-state index is 0.128. The molecule has 6 nitrogen and oxygen atoms in total. The molecule has 7 heteroatoms. The van der Waals surface area contributed by atoms with Crippen LogP contribution < -0.4 is 15.2 Å². The lowest BCUT2D eigenvalue weighted by Gasteiger charge is -2.29. The molecule has 0 amide bonds. The Labute approximate surface area is 145 Å². The summed E-state index contributed by atoms with van der Waals surface area (Å²) in [5.74, 6) is -0.247. The molecule has 1 aliphatic heterocycles. The van der Waals surface area contributed by atoms with E-state index in [0.29, 0.717) is 30.3 Å². The maximum absolute atomic E-state index is 9.54. The SMILES string of the molecule is CCOc1ccc(OCC)c([C@H]2C(C#N)=C(N)SC(=N)[C@H]2C#N)c1. The monoisotopic (exact) mass is 342 g/mol. The topological polar surface area (TPSA) is 116 Å². The number of allylic oxidation sites excluding steroid dienone is 1. The fourth-order valence-electron chi connectivity index (χ4n) is 2.61. The first kappa shape index (κ1) is 17.7. The number of rotatable bonds is 5. The van der Waals surface area contributed by atoms with Crippen LogP contribution in [0.25, 0.3) is 0 Å². The summed E-state index contributed by atoms with van der Waals surface area (Å²) in [5, 5.41) is 27.5. The third-order valence-electron chi connectivity index (χ3n) is 3.60. The second kappa shape index (κ2) is 7.76. The largest absolute Gasteiger partial charge is 0.494 e. The van der Waals surface area contributed by atoms with Crippen molar-refractivity contribution in [3.05, 3.63) is 34.4 Å². The van der Waals surface area contributed by atoms with E-state index >= 15 is 0 Å². The minimum Gasteiger partial charge on any atom is -0.494 e. The van der Waals surface area contributed by atoms with E-state index in [1.165, 1.54) is 0 Å². The molecule has 2 atom stereocenters. The Balaban J connectivity index is 2.66. The van der Waals surface area contributed by atoms with Gasteiger partial charge in [0.05, 0.1) is 41.0 Å². The molecule has 0 aromatic heterocycles. The van der Waals surface area contributed by atoms with Crippen LogP contribution in [0.1, 0.15) is 25.3 Å². The Morgan fingerprint density at radius 1 is 1.25 bits per heavy atom. The number of nitrogens with two attached hydrogens (primary N) is 1. The molecular formula is C17H18N4O2S. The van der Waals surface area contributed by atoms with Crippen molar-refractivity contribution in [2.24, 2.45) is 11.7 Å². The summed E-state index contributed by atoms with van der Waals surface area (Å²) in [6, 6.07) is 9.52. The molecular weight excluding hydrogens is 324 g/mol. The summed E-state index contributed by atoms with van der Waals surface area (Å²) >= 11 is 0.962. The smallest absolute Gasteiger partial charge is 0.123 e. The van der Waals surface area contributed by atoms with Gasteiger partial charge in [0.15, 0.2) is 0 Å². The number of benzene rings is 1. The molecule has 0 saturated carbocycles. The average molecular weight is 342 g/mol. The summed E-state index contributed by atoms with van der Waals surface area (Å²) in [5.41, 5.74) is 6.87. The van der Waals surface area contributed by atoms with Crippen LogP contribution in [-0.2, 0) is 0 Å². The van der Waals surface area contributed by atoms with Crippen LogP contribution >= 0.6 is 11.8 Å². The van der Waals surface area contributed by atoms with Gasteiger partial charge in [0.1, 0.15) is 17.4 Å². The molecule has 24 heavy (non-hydrogen) atoms. The third kappa shape index (κ3) is 3.32. The number of nitrogens with one attached hydrogen (secondary N) is 1. The first-order valence-electron chi connectivity index (χ1n) is 7.52. The van der Waals surface area contributed by atoms with Gasteiger partial charge >= 0.3 is 0 Å². The molecule has 1 aliphatic rings. The number of thioether (sulfide) groups is 1. The van der Waals surface area contributed by atoms with Crippen molar-refractivity contribution in [1.29, 1.82) is 15.9 Å². The fourth-order valence-corrected chi connectivity index (χ4v) is 3.45. The molecule has 0 radical (unpaired) electrons. The minimum atomic E-state index is -0.784. The zero-order valence-electron chi connectivity index (χ0n) is 13.5. The molecule has 2 rings (SSSR count). The fraction of sp³-hybridized carbons (Fsp3) is 0.353. The lowest BCUT2D eigenvalue weighted by Crippen LogP contribution is -2.27. The summed E-state index contributed by atoms with van der Waals surface area (Å²) in [6.07, 6.45) is 0. The first-order chi connectivity index (χ1) is 11.6. The van der Waals surface area contributed by atoms with Gasteiger partial charge in [-0.15, -0.1) is 0 Å². The van der Waals surface area contributed by atoms with Crippen LogP contribution in [0.5, 0.6) is 11.5 Å². The Bertz CT molecular complexity index is 761. The van der Waals surface area contributed by atoms with Gasteiger partial charge in [0, 0.05) is 11.5 Å². The number of nitriles is 2. The van der Waals surface area contributed by atoms with E-state index in [2.05, 4.69) is 12.1 Å². The van der Waals surface area contributed by atoms with Gasteiger partial charge in [-0.2, -0.15) is 10.5 Å². The highest BCUT2D eigenvalue weighted by atomic mass is 32.2. The number of ether oxygens (including phenoxy) is 2. The summed E-state index contributed by atoms with van der Waals surface area (Å²) in [7, 11) is 0. The van der Waals surface area contributed by atoms with Gasteiger partial charge in [0.25, 0.3) is 0 Å². The van der Waals surface area contributed by atoms with Gasteiger partial charge in [0.2, 0.25) is 0 Å². The molecule has 0 saturated heterocycles. The van der Waals surface area contributed by atoms with Crippen molar-refractivity contribution in [2.75, 3.05) is 13.2 Å². The third-order valence-corrected chi connectivity index (χ3v) is 4.51. The van der Waals surface area contributed by atoms with Crippen molar-refractivity contribution in [3.63, 3.8) is 0 Å². The Morgan fingerprint density at radius 3 is 2.54 bits per heavy atom. The molecule has 1 heterocycles. The molecule has 1 aromatic carbocycles. The normalized spacial score (nSPS) is 20.2. The maximum Gasteiger partial charge on any atom is 0.123 e. The highest BCUT2D eigenvalue weighted by molar-refractivity contribution is 8.17. The van der Waals surface area contributed by atoms with Crippen molar-refractivity contribution >= 4 is 16.8 Å². The summed E-state index contributed by atoms with van der Waals surface area (Å²) < 4.78 is 11.2. The maximum atomic E-state index is 9.54. The zero-order chi connectivity index (χ0) is 17.7.